The second kappa shape index (κ2) is 8.42. The lowest BCUT2D eigenvalue weighted by Gasteiger charge is -2.21. The minimum atomic E-state index is -0.0260. The van der Waals surface area contributed by atoms with Crippen molar-refractivity contribution >= 4 is 23.4 Å². The minimum Gasteiger partial charge on any atom is -0.497 e. The quantitative estimate of drug-likeness (QED) is 0.475. The maximum atomic E-state index is 13.4. The number of ether oxygens (including phenoxy) is 1. The van der Waals surface area contributed by atoms with Crippen LogP contribution in [0.25, 0.3) is 11.8 Å². The largest absolute Gasteiger partial charge is 0.497 e. The van der Waals surface area contributed by atoms with Crippen molar-refractivity contribution in [2.24, 2.45) is 0 Å². The summed E-state index contributed by atoms with van der Waals surface area (Å²) in [6.07, 6.45) is 3.89. The molecule has 0 aromatic heterocycles. The maximum Gasteiger partial charge on any atom is 0.262 e. The minimum absolute atomic E-state index is 0.0260. The van der Waals surface area contributed by atoms with Crippen LogP contribution < -0.4 is 9.64 Å². The van der Waals surface area contributed by atoms with Gasteiger partial charge in [0, 0.05) is 11.3 Å². The molecular weight excluding hydrogens is 370 g/mol. The molecule has 30 heavy (non-hydrogen) atoms. The number of nitrogens with zero attached hydrogens (tertiary/aromatic N) is 1. The molecule has 0 atom stereocenters. The molecule has 1 heterocycles. The molecule has 1 amide bonds. The van der Waals surface area contributed by atoms with Crippen molar-refractivity contribution in [3.05, 3.63) is 107 Å². The lowest BCUT2D eigenvalue weighted by Crippen LogP contribution is -2.24. The summed E-state index contributed by atoms with van der Waals surface area (Å²) in [6.45, 7) is 4.34. The first-order valence-corrected chi connectivity index (χ1v) is 10.1. The van der Waals surface area contributed by atoms with E-state index < -0.39 is 0 Å². The molecule has 0 saturated carbocycles. The molecule has 3 heteroatoms. The second-order valence-electron chi connectivity index (χ2n) is 7.66. The fourth-order valence-electron chi connectivity index (χ4n) is 3.58. The molecule has 0 aliphatic carbocycles. The van der Waals surface area contributed by atoms with E-state index in [4.69, 9.17) is 4.74 Å². The van der Waals surface area contributed by atoms with E-state index >= 15 is 0 Å². The zero-order valence-corrected chi connectivity index (χ0v) is 17.5. The van der Waals surface area contributed by atoms with Gasteiger partial charge in [0.15, 0.2) is 0 Å². The Morgan fingerprint density at radius 1 is 0.867 bits per heavy atom. The first-order chi connectivity index (χ1) is 14.6. The van der Waals surface area contributed by atoms with Crippen molar-refractivity contribution in [1.82, 2.24) is 0 Å². The molecule has 3 aromatic rings. The fourth-order valence-corrected chi connectivity index (χ4v) is 3.58. The summed E-state index contributed by atoms with van der Waals surface area (Å²) in [5.41, 5.74) is 5.64. The summed E-state index contributed by atoms with van der Waals surface area (Å²) in [6, 6.07) is 26.0. The number of benzene rings is 3. The van der Waals surface area contributed by atoms with Crippen molar-refractivity contribution in [1.29, 1.82) is 0 Å². The summed E-state index contributed by atoms with van der Waals surface area (Å²) in [5.74, 6) is 1.22. The van der Waals surface area contributed by atoms with E-state index in [0.29, 0.717) is 11.5 Å². The summed E-state index contributed by atoms with van der Waals surface area (Å²) in [5, 5.41) is 0. The number of anilines is 1. The van der Waals surface area contributed by atoms with Crippen molar-refractivity contribution < 1.29 is 9.53 Å². The SMILES string of the molecule is COc1ccc(/C=C2\C=C(c3ccccc3)N(c3ccc(C(C)C)cc3)C2=O)cc1. The van der Waals surface area contributed by atoms with Crippen LogP contribution in [0, 0.1) is 0 Å². The molecule has 0 bridgehead atoms. The van der Waals surface area contributed by atoms with Gasteiger partial charge in [-0.3, -0.25) is 9.69 Å². The summed E-state index contributed by atoms with van der Waals surface area (Å²) < 4.78 is 5.23. The molecular formula is C27H25NO2. The third-order valence-electron chi connectivity index (χ3n) is 5.31. The van der Waals surface area contributed by atoms with Crippen LogP contribution in [-0.2, 0) is 4.79 Å². The van der Waals surface area contributed by atoms with E-state index in [1.807, 2.05) is 78.9 Å². The molecule has 3 aromatic carbocycles. The number of methoxy groups -OCH3 is 1. The molecule has 0 saturated heterocycles. The van der Waals surface area contributed by atoms with Crippen molar-refractivity contribution in [2.75, 3.05) is 12.0 Å². The topological polar surface area (TPSA) is 29.5 Å². The number of carbonyl (C=O) groups excluding carboxylic acids is 1. The van der Waals surface area contributed by atoms with Gasteiger partial charge in [-0.05, 0) is 59.0 Å². The Morgan fingerprint density at radius 2 is 1.53 bits per heavy atom. The Kier molecular flexibility index (Phi) is 5.53. The fraction of sp³-hybridized carbons (Fsp3) is 0.148. The molecule has 0 N–H and O–H groups in total. The van der Waals surface area contributed by atoms with E-state index in [9.17, 15) is 4.79 Å². The summed E-state index contributed by atoms with van der Waals surface area (Å²) in [7, 11) is 1.64. The Morgan fingerprint density at radius 3 is 2.13 bits per heavy atom. The molecule has 1 aliphatic rings. The maximum absolute atomic E-state index is 13.4. The van der Waals surface area contributed by atoms with Gasteiger partial charge in [0.25, 0.3) is 5.91 Å². The van der Waals surface area contributed by atoms with Gasteiger partial charge in [-0.1, -0.05) is 68.4 Å². The Hall–Kier alpha value is -3.59. The number of hydrogen-bond acceptors (Lipinski definition) is 2. The average Bonchev–Trinajstić information content (AvgIpc) is 3.11. The van der Waals surface area contributed by atoms with Gasteiger partial charge >= 0.3 is 0 Å². The number of amides is 1. The lowest BCUT2D eigenvalue weighted by atomic mass is 10.0. The van der Waals surface area contributed by atoms with E-state index in [1.54, 1.807) is 12.0 Å². The molecule has 0 radical (unpaired) electrons. The van der Waals surface area contributed by atoms with Gasteiger partial charge in [-0.2, -0.15) is 0 Å². The number of rotatable bonds is 5. The zero-order chi connectivity index (χ0) is 21.1. The number of carbonyl (C=O) groups is 1. The summed E-state index contributed by atoms with van der Waals surface area (Å²) >= 11 is 0. The molecule has 4 rings (SSSR count). The van der Waals surface area contributed by atoms with Crippen molar-refractivity contribution in [2.45, 2.75) is 19.8 Å². The Labute approximate surface area is 177 Å². The molecule has 1 aliphatic heterocycles. The predicted molar refractivity (Wildman–Crippen MR) is 123 cm³/mol. The van der Waals surface area contributed by atoms with Gasteiger partial charge in [-0.25, -0.2) is 0 Å². The third-order valence-corrected chi connectivity index (χ3v) is 5.31. The number of hydrogen-bond donors (Lipinski definition) is 0. The van der Waals surface area contributed by atoms with Crippen LogP contribution in [0.1, 0.15) is 36.5 Å². The van der Waals surface area contributed by atoms with Gasteiger partial charge < -0.3 is 4.74 Å². The Balaban J connectivity index is 1.75. The van der Waals surface area contributed by atoms with E-state index in [-0.39, 0.29) is 5.91 Å². The van der Waals surface area contributed by atoms with Gasteiger partial charge in [0.1, 0.15) is 5.75 Å². The molecule has 0 spiro atoms. The van der Waals surface area contributed by atoms with Crippen LogP contribution in [0.2, 0.25) is 0 Å². The molecule has 3 nitrogen and oxygen atoms in total. The van der Waals surface area contributed by atoms with Crippen molar-refractivity contribution in [3.63, 3.8) is 0 Å². The van der Waals surface area contributed by atoms with Crippen LogP contribution in [0.5, 0.6) is 5.75 Å². The summed E-state index contributed by atoms with van der Waals surface area (Å²) in [4.78, 5) is 15.2. The first-order valence-electron chi connectivity index (χ1n) is 10.1. The van der Waals surface area contributed by atoms with Gasteiger partial charge in [-0.15, -0.1) is 0 Å². The molecule has 0 fully saturated rings. The highest BCUT2D eigenvalue weighted by Gasteiger charge is 2.30. The van der Waals surface area contributed by atoms with Gasteiger partial charge in [0.05, 0.1) is 12.8 Å². The lowest BCUT2D eigenvalue weighted by molar-refractivity contribution is -0.113. The third kappa shape index (κ3) is 3.92. The zero-order valence-electron chi connectivity index (χ0n) is 17.5. The highest BCUT2D eigenvalue weighted by molar-refractivity contribution is 6.23. The average molecular weight is 396 g/mol. The van der Waals surface area contributed by atoms with Crippen molar-refractivity contribution in [3.8, 4) is 5.75 Å². The van der Waals surface area contributed by atoms with Crippen LogP contribution in [0.4, 0.5) is 5.69 Å². The smallest absolute Gasteiger partial charge is 0.262 e. The second-order valence-corrected chi connectivity index (χ2v) is 7.66. The van der Waals surface area contributed by atoms with E-state index in [1.165, 1.54) is 5.56 Å². The Bertz CT molecular complexity index is 1090. The highest BCUT2D eigenvalue weighted by Crippen LogP contribution is 2.35. The standard InChI is InChI=1S/C27H25NO2/c1-19(2)21-11-13-24(14-12-21)28-26(22-7-5-4-6-8-22)18-23(27(28)29)17-20-9-15-25(30-3)16-10-20/h4-19H,1-3H3/b23-17+. The highest BCUT2D eigenvalue weighted by atomic mass is 16.5. The molecule has 150 valence electrons. The molecule has 0 unspecified atom stereocenters. The van der Waals surface area contributed by atoms with Crippen LogP contribution >= 0.6 is 0 Å². The monoisotopic (exact) mass is 395 g/mol. The van der Waals surface area contributed by atoms with Crippen LogP contribution in [-0.4, -0.2) is 13.0 Å². The van der Waals surface area contributed by atoms with E-state index in [0.717, 1.165) is 28.3 Å². The van der Waals surface area contributed by atoms with E-state index in [2.05, 4.69) is 26.0 Å². The van der Waals surface area contributed by atoms with Gasteiger partial charge in [0.2, 0.25) is 0 Å². The predicted octanol–water partition coefficient (Wildman–Crippen LogP) is 6.29. The normalized spacial score (nSPS) is 15.1. The first kappa shape index (κ1) is 19.7. The van der Waals surface area contributed by atoms with Crippen LogP contribution in [0.3, 0.4) is 0 Å². The van der Waals surface area contributed by atoms with Crippen LogP contribution in [0.15, 0.2) is 90.5 Å².